The average Bonchev–Trinajstić information content (AvgIpc) is 2.85. The second kappa shape index (κ2) is 7.51. The molecule has 1 atom stereocenters. The van der Waals surface area contributed by atoms with Gasteiger partial charge in [0.25, 0.3) is 5.91 Å². The summed E-state index contributed by atoms with van der Waals surface area (Å²) in [5.74, 6) is -0.0251. The van der Waals surface area contributed by atoms with E-state index in [1.807, 2.05) is 33.8 Å². The maximum Gasteiger partial charge on any atom is 0.253 e. The van der Waals surface area contributed by atoms with Gasteiger partial charge >= 0.3 is 0 Å². The number of nitrogens with zero attached hydrogens (tertiary/aromatic N) is 2. The summed E-state index contributed by atoms with van der Waals surface area (Å²) in [6.45, 7) is 7.80. The number of hydrogen-bond donors (Lipinski definition) is 2. The number of carbonyl (C=O) groups excluding carboxylic acids is 2. The standard InChI is InChI=1S/C19H26N4O2/c1-11-9-15(7-8-16(11)19(25)23(5)6)20-17(24)10-12(2)18-13(3)21-22-14(18)4/h7-9,12H,10H2,1-6H3,(H,20,24)(H,21,22). The van der Waals surface area contributed by atoms with Crippen LogP contribution >= 0.6 is 0 Å². The van der Waals surface area contributed by atoms with Gasteiger partial charge in [-0.15, -0.1) is 0 Å². The molecule has 2 amide bonds. The Balaban J connectivity index is 2.06. The Labute approximate surface area is 148 Å². The second-order valence-electron chi connectivity index (χ2n) is 6.73. The van der Waals surface area contributed by atoms with Gasteiger partial charge < -0.3 is 10.2 Å². The number of amides is 2. The fourth-order valence-electron chi connectivity index (χ4n) is 3.10. The molecule has 2 N–H and O–H groups in total. The number of benzene rings is 1. The zero-order valence-corrected chi connectivity index (χ0v) is 15.7. The van der Waals surface area contributed by atoms with Crippen LogP contribution in [0.2, 0.25) is 0 Å². The third-order valence-electron chi connectivity index (χ3n) is 4.32. The van der Waals surface area contributed by atoms with Gasteiger partial charge in [0.2, 0.25) is 5.91 Å². The van der Waals surface area contributed by atoms with E-state index in [4.69, 9.17) is 0 Å². The van der Waals surface area contributed by atoms with Gasteiger partial charge in [0.05, 0.1) is 5.69 Å². The Morgan fingerprint density at radius 3 is 2.44 bits per heavy atom. The van der Waals surface area contributed by atoms with E-state index in [1.165, 1.54) is 4.90 Å². The zero-order valence-electron chi connectivity index (χ0n) is 15.7. The number of H-pyrrole nitrogens is 1. The van der Waals surface area contributed by atoms with Crippen LogP contribution in [0.1, 0.15) is 52.1 Å². The fourth-order valence-corrected chi connectivity index (χ4v) is 3.10. The van der Waals surface area contributed by atoms with Crippen LogP contribution in [0, 0.1) is 20.8 Å². The van der Waals surface area contributed by atoms with Crippen LogP contribution in [0.25, 0.3) is 0 Å². The third kappa shape index (κ3) is 4.26. The Kier molecular flexibility index (Phi) is 5.62. The van der Waals surface area contributed by atoms with Crippen LogP contribution in [-0.4, -0.2) is 41.0 Å². The molecule has 0 spiro atoms. The first kappa shape index (κ1) is 18.7. The van der Waals surface area contributed by atoms with E-state index in [0.717, 1.165) is 22.5 Å². The maximum atomic E-state index is 12.4. The number of rotatable bonds is 5. The highest BCUT2D eigenvalue weighted by atomic mass is 16.2. The van der Waals surface area contributed by atoms with Gasteiger partial charge in [-0.3, -0.25) is 14.7 Å². The summed E-state index contributed by atoms with van der Waals surface area (Å²) in [5.41, 5.74) is 5.20. The lowest BCUT2D eigenvalue weighted by Crippen LogP contribution is -2.22. The molecule has 0 saturated carbocycles. The number of anilines is 1. The fraction of sp³-hybridized carbons (Fsp3) is 0.421. The summed E-state index contributed by atoms with van der Waals surface area (Å²) in [6, 6.07) is 5.34. The highest BCUT2D eigenvalue weighted by Gasteiger charge is 2.18. The minimum Gasteiger partial charge on any atom is -0.345 e. The molecule has 6 nitrogen and oxygen atoms in total. The van der Waals surface area contributed by atoms with Crippen molar-refractivity contribution in [3.63, 3.8) is 0 Å². The molecular formula is C19H26N4O2. The Morgan fingerprint density at radius 2 is 1.92 bits per heavy atom. The average molecular weight is 342 g/mol. The van der Waals surface area contributed by atoms with Crippen molar-refractivity contribution < 1.29 is 9.59 Å². The van der Waals surface area contributed by atoms with Gasteiger partial charge in [0.15, 0.2) is 0 Å². The van der Waals surface area contributed by atoms with Crippen LogP contribution in [0.5, 0.6) is 0 Å². The lowest BCUT2D eigenvalue weighted by Gasteiger charge is -2.15. The van der Waals surface area contributed by atoms with E-state index in [0.29, 0.717) is 17.7 Å². The predicted octanol–water partition coefficient (Wildman–Crippen LogP) is 3.17. The molecule has 1 aromatic heterocycles. The zero-order chi connectivity index (χ0) is 18.7. The largest absolute Gasteiger partial charge is 0.345 e. The third-order valence-corrected chi connectivity index (χ3v) is 4.32. The van der Waals surface area contributed by atoms with Crippen molar-refractivity contribution in [1.29, 1.82) is 0 Å². The minimum absolute atomic E-state index is 0.0464. The molecule has 1 unspecified atom stereocenters. The molecule has 0 radical (unpaired) electrons. The molecule has 0 aliphatic heterocycles. The van der Waals surface area contributed by atoms with E-state index in [-0.39, 0.29) is 17.7 Å². The smallest absolute Gasteiger partial charge is 0.253 e. The lowest BCUT2D eigenvalue weighted by atomic mass is 9.95. The normalized spacial score (nSPS) is 11.9. The van der Waals surface area contributed by atoms with Gasteiger partial charge in [-0.25, -0.2) is 0 Å². The van der Waals surface area contributed by atoms with Crippen molar-refractivity contribution in [2.75, 3.05) is 19.4 Å². The SMILES string of the molecule is Cc1cc(NC(=O)CC(C)c2c(C)n[nH]c2C)ccc1C(=O)N(C)C. The van der Waals surface area contributed by atoms with E-state index < -0.39 is 0 Å². The molecule has 0 aliphatic rings. The molecule has 25 heavy (non-hydrogen) atoms. The van der Waals surface area contributed by atoms with Crippen molar-refractivity contribution in [3.8, 4) is 0 Å². The predicted molar refractivity (Wildman–Crippen MR) is 98.9 cm³/mol. The summed E-state index contributed by atoms with van der Waals surface area (Å²) < 4.78 is 0. The van der Waals surface area contributed by atoms with Crippen molar-refractivity contribution in [2.24, 2.45) is 0 Å². The van der Waals surface area contributed by atoms with Gasteiger partial charge in [-0.05, 0) is 56.0 Å². The number of aromatic amines is 1. The van der Waals surface area contributed by atoms with Crippen molar-refractivity contribution in [3.05, 3.63) is 46.3 Å². The highest BCUT2D eigenvalue weighted by molar-refractivity contribution is 5.97. The summed E-state index contributed by atoms with van der Waals surface area (Å²) in [7, 11) is 3.44. The Hall–Kier alpha value is -2.63. The lowest BCUT2D eigenvalue weighted by molar-refractivity contribution is -0.116. The molecular weight excluding hydrogens is 316 g/mol. The molecule has 0 aliphatic carbocycles. The van der Waals surface area contributed by atoms with Gasteiger partial charge in [-0.1, -0.05) is 6.92 Å². The topological polar surface area (TPSA) is 78.1 Å². The molecule has 134 valence electrons. The highest BCUT2D eigenvalue weighted by Crippen LogP contribution is 2.25. The molecule has 0 saturated heterocycles. The summed E-state index contributed by atoms with van der Waals surface area (Å²) in [6.07, 6.45) is 0.374. The quantitative estimate of drug-likeness (QED) is 0.876. The summed E-state index contributed by atoms with van der Waals surface area (Å²) in [5, 5.41) is 10.1. The van der Waals surface area contributed by atoms with E-state index in [9.17, 15) is 9.59 Å². The van der Waals surface area contributed by atoms with Crippen molar-refractivity contribution >= 4 is 17.5 Å². The molecule has 0 bridgehead atoms. The Morgan fingerprint density at radius 1 is 1.24 bits per heavy atom. The maximum absolute atomic E-state index is 12.4. The number of aryl methyl sites for hydroxylation is 3. The monoisotopic (exact) mass is 342 g/mol. The van der Waals surface area contributed by atoms with Gasteiger partial charge in [0, 0.05) is 37.5 Å². The van der Waals surface area contributed by atoms with Gasteiger partial charge in [-0.2, -0.15) is 5.10 Å². The van der Waals surface area contributed by atoms with Gasteiger partial charge in [0.1, 0.15) is 0 Å². The molecule has 1 heterocycles. The van der Waals surface area contributed by atoms with Crippen molar-refractivity contribution in [2.45, 2.75) is 40.0 Å². The summed E-state index contributed by atoms with van der Waals surface area (Å²) >= 11 is 0. The molecule has 2 rings (SSSR count). The van der Waals surface area contributed by atoms with Crippen molar-refractivity contribution in [1.82, 2.24) is 15.1 Å². The molecule has 2 aromatic rings. The molecule has 1 aromatic carbocycles. The van der Waals surface area contributed by atoms with E-state index >= 15 is 0 Å². The number of hydrogen-bond acceptors (Lipinski definition) is 3. The first-order valence-corrected chi connectivity index (χ1v) is 8.34. The summed E-state index contributed by atoms with van der Waals surface area (Å²) in [4.78, 5) is 26.0. The van der Waals surface area contributed by atoms with Crippen LogP contribution in [0.3, 0.4) is 0 Å². The Bertz CT molecular complexity index is 773. The second-order valence-corrected chi connectivity index (χ2v) is 6.73. The van der Waals surface area contributed by atoms with Crippen LogP contribution in [0.4, 0.5) is 5.69 Å². The van der Waals surface area contributed by atoms with E-state index in [1.54, 1.807) is 26.2 Å². The van der Waals surface area contributed by atoms with E-state index in [2.05, 4.69) is 15.5 Å². The first-order valence-electron chi connectivity index (χ1n) is 8.34. The number of aromatic nitrogens is 2. The first-order chi connectivity index (χ1) is 11.7. The van der Waals surface area contributed by atoms with Crippen LogP contribution in [0.15, 0.2) is 18.2 Å². The number of nitrogens with one attached hydrogen (secondary N) is 2. The minimum atomic E-state index is -0.0569. The molecule has 6 heteroatoms. The number of carbonyl (C=O) groups is 2. The van der Waals surface area contributed by atoms with Crippen LogP contribution in [-0.2, 0) is 4.79 Å². The van der Waals surface area contributed by atoms with Crippen LogP contribution < -0.4 is 5.32 Å². The molecule has 0 fully saturated rings.